The van der Waals surface area contributed by atoms with Gasteiger partial charge in [-0.15, -0.1) is 5.10 Å². The molecule has 0 bridgehead atoms. The number of pyridine rings is 1. The molecule has 3 rings (SSSR count). The molecule has 0 saturated heterocycles. The summed E-state index contributed by atoms with van der Waals surface area (Å²) in [5.41, 5.74) is 6.28. The van der Waals surface area contributed by atoms with Gasteiger partial charge in [-0.25, -0.2) is 15.0 Å². The number of nitrogen functional groups attached to an aromatic ring is 1. The van der Waals surface area contributed by atoms with Crippen molar-refractivity contribution in [3.05, 3.63) is 24.7 Å². The maximum absolute atomic E-state index is 5.77. The Labute approximate surface area is 107 Å². The van der Waals surface area contributed by atoms with E-state index in [2.05, 4.69) is 25.1 Å². The zero-order chi connectivity index (χ0) is 13.2. The highest BCUT2D eigenvalue weighted by Gasteiger charge is 2.13. The molecule has 0 saturated carbocycles. The lowest BCUT2D eigenvalue weighted by molar-refractivity contribution is 0.403. The van der Waals surface area contributed by atoms with Crippen LogP contribution in [0.25, 0.3) is 11.0 Å². The number of H-pyrrole nitrogens is 1. The molecule has 0 unspecified atom stereocenters. The molecule has 8 nitrogen and oxygen atoms in total. The van der Waals surface area contributed by atoms with Crippen molar-refractivity contribution < 1.29 is 9.47 Å². The average Bonchev–Trinajstić information content (AvgIpc) is 2.84. The number of nitrogens with two attached hydrogens (primary N) is 1. The monoisotopic (exact) mass is 258 g/mol. The van der Waals surface area contributed by atoms with Crippen molar-refractivity contribution >= 4 is 16.9 Å². The van der Waals surface area contributed by atoms with E-state index in [4.69, 9.17) is 15.2 Å². The van der Waals surface area contributed by atoms with Crippen LogP contribution in [0.3, 0.4) is 0 Å². The number of anilines is 1. The minimum Gasteiger partial charge on any atom is -0.497 e. The summed E-state index contributed by atoms with van der Waals surface area (Å²) in [7, 11) is 1.56. The summed E-state index contributed by atoms with van der Waals surface area (Å²) in [6, 6.07) is 3.35. The quantitative estimate of drug-likeness (QED) is 0.724. The third kappa shape index (κ3) is 1.99. The van der Waals surface area contributed by atoms with E-state index < -0.39 is 0 Å². The van der Waals surface area contributed by atoms with Gasteiger partial charge in [0, 0.05) is 12.3 Å². The standard InChI is InChI=1S/C11H10N6O2/c1-18-6-2-3-13-7(4-6)19-11-8-9(12)14-5-15-10(8)16-17-11/h2-5H,1H3,(H3,12,14,15,16,17). The van der Waals surface area contributed by atoms with Crippen LogP contribution in [0.15, 0.2) is 24.7 Å². The number of hydrogen-bond acceptors (Lipinski definition) is 7. The number of nitrogens with zero attached hydrogens (tertiary/aromatic N) is 4. The number of hydrogen-bond donors (Lipinski definition) is 2. The summed E-state index contributed by atoms with van der Waals surface area (Å²) in [4.78, 5) is 12.0. The fourth-order valence-electron chi connectivity index (χ4n) is 1.60. The molecule has 19 heavy (non-hydrogen) atoms. The highest BCUT2D eigenvalue weighted by atomic mass is 16.5. The van der Waals surface area contributed by atoms with Crippen LogP contribution < -0.4 is 15.2 Å². The van der Waals surface area contributed by atoms with Crippen LogP contribution in [0.2, 0.25) is 0 Å². The Kier molecular flexibility index (Phi) is 2.60. The fourth-order valence-corrected chi connectivity index (χ4v) is 1.60. The zero-order valence-electron chi connectivity index (χ0n) is 9.99. The lowest BCUT2D eigenvalue weighted by Gasteiger charge is -2.04. The van der Waals surface area contributed by atoms with Gasteiger partial charge in [-0.1, -0.05) is 0 Å². The average molecular weight is 258 g/mol. The first kappa shape index (κ1) is 11.2. The number of ether oxygens (including phenoxy) is 2. The molecule has 0 aliphatic carbocycles. The van der Waals surface area contributed by atoms with E-state index in [1.54, 1.807) is 25.4 Å². The Balaban J connectivity index is 2.01. The molecule has 3 heterocycles. The van der Waals surface area contributed by atoms with Crippen LogP contribution in [0.4, 0.5) is 5.82 Å². The van der Waals surface area contributed by atoms with Gasteiger partial charge in [0.1, 0.15) is 23.3 Å². The van der Waals surface area contributed by atoms with Gasteiger partial charge in [0.25, 0.3) is 5.88 Å². The molecule has 0 radical (unpaired) electrons. The third-order valence-corrected chi connectivity index (χ3v) is 2.50. The summed E-state index contributed by atoms with van der Waals surface area (Å²) in [5.74, 6) is 1.54. The first-order valence-corrected chi connectivity index (χ1v) is 5.40. The van der Waals surface area contributed by atoms with Crippen molar-refractivity contribution in [3.63, 3.8) is 0 Å². The number of aromatic nitrogens is 5. The van der Waals surface area contributed by atoms with Crippen molar-refractivity contribution in [2.45, 2.75) is 0 Å². The molecular weight excluding hydrogens is 248 g/mol. The van der Waals surface area contributed by atoms with E-state index in [0.29, 0.717) is 22.7 Å². The topological polar surface area (TPSA) is 112 Å². The van der Waals surface area contributed by atoms with E-state index in [1.807, 2.05) is 0 Å². The predicted octanol–water partition coefficient (Wildman–Crippen LogP) is 1.13. The Morgan fingerprint density at radius 1 is 1.26 bits per heavy atom. The number of fused-ring (bicyclic) bond motifs is 1. The summed E-state index contributed by atoms with van der Waals surface area (Å²) in [6.07, 6.45) is 2.92. The minimum atomic E-state index is 0.272. The van der Waals surface area contributed by atoms with Crippen LogP contribution >= 0.6 is 0 Å². The van der Waals surface area contributed by atoms with Crippen LogP contribution in [0.1, 0.15) is 0 Å². The van der Waals surface area contributed by atoms with Crippen LogP contribution in [0, 0.1) is 0 Å². The zero-order valence-corrected chi connectivity index (χ0v) is 9.99. The van der Waals surface area contributed by atoms with Crippen molar-refractivity contribution in [3.8, 4) is 17.5 Å². The Morgan fingerprint density at radius 3 is 3.00 bits per heavy atom. The molecule has 3 aromatic rings. The SMILES string of the molecule is COc1ccnc(Oc2n[nH]c3ncnc(N)c23)c1. The Hall–Kier alpha value is -2.90. The Bertz CT molecular complexity index is 726. The molecule has 8 heteroatoms. The van der Waals surface area contributed by atoms with Crippen molar-refractivity contribution in [1.82, 2.24) is 25.1 Å². The van der Waals surface area contributed by atoms with Gasteiger partial charge < -0.3 is 15.2 Å². The van der Waals surface area contributed by atoms with Gasteiger partial charge in [-0.2, -0.15) is 0 Å². The molecule has 0 atom stereocenters. The summed E-state index contributed by atoms with van der Waals surface area (Å²) in [6.45, 7) is 0. The van der Waals surface area contributed by atoms with E-state index in [0.717, 1.165) is 0 Å². The molecule has 3 aromatic heterocycles. The molecule has 96 valence electrons. The van der Waals surface area contributed by atoms with Gasteiger partial charge in [0.05, 0.1) is 7.11 Å². The second kappa shape index (κ2) is 4.41. The second-order valence-electron chi connectivity index (χ2n) is 3.65. The van der Waals surface area contributed by atoms with Crippen molar-refractivity contribution in [2.24, 2.45) is 0 Å². The highest BCUT2D eigenvalue weighted by molar-refractivity contribution is 5.90. The van der Waals surface area contributed by atoms with Crippen molar-refractivity contribution in [2.75, 3.05) is 12.8 Å². The van der Waals surface area contributed by atoms with E-state index >= 15 is 0 Å². The number of methoxy groups -OCH3 is 1. The lowest BCUT2D eigenvalue weighted by atomic mass is 10.4. The maximum atomic E-state index is 5.77. The first-order chi connectivity index (χ1) is 9.28. The van der Waals surface area contributed by atoms with Gasteiger partial charge in [-0.3, -0.25) is 5.10 Å². The van der Waals surface area contributed by atoms with Crippen LogP contribution in [0.5, 0.6) is 17.5 Å². The Morgan fingerprint density at radius 2 is 2.16 bits per heavy atom. The third-order valence-electron chi connectivity index (χ3n) is 2.50. The van der Waals surface area contributed by atoms with Gasteiger partial charge in [0.15, 0.2) is 5.65 Å². The first-order valence-electron chi connectivity index (χ1n) is 5.40. The molecule has 0 amide bonds. The predicted molar refractivity (Wildman–Crippen MR) is 67.0 cm³/mol. The second-order valence-corrected chi connectivity index (χ2v) is 3.65. The lowest BCUT2D eigenvalue weighted by Crippen LogP contribution is -1.94. The number of aromatic amines is 1. The van der Waals surface area contributed by atoms with Crippen molar-refractivity contribution in [1.29, 1.82) is 0 Å². The van der Waals surface area contributed by atoms with Gasteiger partial charge >= 0.3 is 0 Å². The van der Waals surface area contributed by atoms with Crippen LogP contribution in [-0.4, -0.2) is 32.3 Å². The molecule has 0 aliphatic rings. The normalized spacial score (nSPS) is 10.6. The summed E-state index contributed by atoms with van der Waals surface area (Å²) >= 11 is 0. The fraction of sp³-hybridized carbons (Fsp3) is 0.0909. The molecular formula is C11H10N6O2. The number of nitrogens with one attached hydrogen (secondary N) is 1. The molecule has 0 aromatic carbocycles. The smallest absolute Gasteiger partial charge is 0.253 e. The van der Waals surface area contributed by atoms with E-state index in [-0.39, 0.29) is 11.7 Å². The largest absolute Gasteiger partial charge is 0.497 e. The maximum Gasteiger partial charge on any atom is 0.253 e. The minimum absolute atomic E-state index is 0.272. The molecule has 0 fully saturated rings. The molecule has 0 spiro atoms. The summed E-state index contributed by atoms with van der Waals surface area (Å²) in [5, 5.41) is 7.23. The summed E-state index contributed by atoms with van der Waals surface area (Å²) < 4.78 is 10.6. The highest BCUT2D eigenvalue weighted by Crippen LogP contribution is 2.29. The van der Waals surface area contributed by atoms with E-state index in [9.17, 15) is 0 Å². The molecule has 0 aliphatic heterocycles. The van der Waals surface area contributed by atoms with Crippen LogP contribution in [-0.2, 0) is 0 Å². The van der Waals surface area contributed by atoms with Gasteiger partial charge in [0.2, 0.25) is 5.88 Å². The number of rotatable bonds is 3. The van der Waals surface area contributed by atoms with E-state index in [1.165, 1.54) is 6.33 Å². The molecule has 3 N–H and O–H groups in total. The van der Waals surface area contributed by atoms with Gasteiger partial charge in [-0.05, 0) is 6.07 Å².